The van der Waals surface area contributed by atoms with Gasteiger partial charge in [0.1, 0.15) is 5.41 Å². The first kappa shape index (κ1) is 15.5. The van der Waals surface area contributed by atoms with Crippen LogP contribution in [0.1, 0.15) is 37.8 Å². The highest BCUT2D eigenvalue weighted by Crippen LogP contribution is 2.46. The predicted octanol–water partition coefficient (Wildman–Crippen LogP) is 2.16. The van der Waals surface area contributed by atoms with Crippen LogP contribution in [-0.2, 0) is 16.1 Å². The third-order valence-electron chi connectivity index (χ3n) is 3.99. The molecule has 1 aliphatic carbocycles. The minimum Gasteiger partial charge on any atom is -0.355 e. The van der Waals surface area contributed by atoms with Gasteiger partial charge < -0.3 is 10.6 Å². The lowest BCUT2D eigenvalue weighted by atomic mass is 10.0. The molecule has 1 saturated carbocycles. The summed E-state index contributed by atoms with van der Waals surface area (Å²) in [5.41, 5.74) is 1.41. The molecule has 1 aromatic rings. The van der Waals surface area contributed by atoms with Crippen LogP contribution >= 0.6 is 0 Å². The van der Waals surface area contributed by atoms with E-state index in [9.17, 15) is 9.59 Å². The number of nitrogens with one attached hydrogen (secondary N) is 2. The van der Waals surface area contributed by atoms with Crippen LogP contribution in [0.3, 0.4) is 0 Å². The van der Waals surface area contributed by atoms with Crippen molar-refractivity contribution in [2.75, 3.05) is 6.54 Å². The molecule has 0 saturated heterocycles. The van der Waals surface area contributed by atoms with Gasteiger partial charge in [-0.3, -0.25) is 9.59 Å². The Morgan fingerprint density at radius 1 is 1.14 bits per heavy atom. The number of hydrogen-bond donors (Lipinski definition) is 2. The third-order valence-corrected chi connectivity index (χ3v) is 3.99. The highest BCUT2D eigenvalue weighted by Gasteiger charge is 2.56. The molecular formula is C17H24N2O2. The summed E-state index contributed by atoms with van der Waals surface area (Å²) in [6, 6.07) is 7.94. The fraction of sp³-hybridized carbons (Fsp3) is 0.529. The van der Waals surface area contributed by atoms with Gasteiger partial charge in [0.05, 0.1) is 0 Å². The molecule has 1 fully saturated rings. The van der Waals surface area contributed by atoms with Gasteiger partial charge in [0, 0.05) is 13.1 Å². The van der Waals surface area contributed by atoms with Crippen molar-refractivity contribution in [2.24, 2.45) is 11.3 Å². The molecule has 0 unspecified atom stereocenters. The maximum atomic E-state index is 12.3. The van der Waals surface area contributed by atoms with Crippen molar-refractivity contribution >= 4 is 11.8 Å². The van der Waals surface area contributed by atoms with Gasteiger partial charge in [0.15, 0.2) is 0 Å². The van der Waals surface area contributed by atoms with Crippen LogP contribution in [-0.4, -0.2) is 18.4 Å². The highest BCUT2D eigenvalue weighted by atomic mass is 16.2. The van der Waals surface area contributed by atoms with E-state index in [0.717, 1.165) is 11.1 Å². The number of amides is 2. The van der Waals surface area contributed by atoms with Crippen LogP contribution in [0.2, 0.25) is 0 Å². The average Bonchev–Trinajstić information content (AvgIpc) is 3.25. The SMILES string of the molecule is Cc1ccccc1CNC(=O)C1(C(=O)NCC(C)C)CC1. The molecule has 0 aromatic heterocycles. The minimum atomic E-state index is -0.822. The molecule has 2 N–H and O–H groups in total. The standard InChI is InChI=1S/C17H24N2O2/c1-12(2)10-18-15(20)17(8-9-17)16(21)19-11-14-7-5-4-6-13(14)3/h4-7,12H,8-11H2,1-3H3,(H,18,20)(H,19,21). The smallest absolute Gasteiger partial charge is 0.235 e. The van der Waals surface area contributed by atoms with E-state index in [-0.39, 0.29) is 11.8 Å². The molecule has 4 heteroatoms. The number of carbonyl (C=O) groups excluding carboxylic acids is 2. The second kappa shape index (κ2) is 6.29. The first-order valence-electron chi connectivity index (χ1n) is 7.57. The van der Waals surface area contributed by atoms with Gasteiger partial charge in [-0.25, -0.2) is 0 Å². The molecule has 1 aromatic carbocycles. The van der Waals surface area contributed by atoms with Crippen molar-refractivity contribution in [3.05, 3.63) is 35.4 Å². The van der Waals surface area contributed by atoms with Gasteiger partial charge in [-0.05, 0) is 36.8 Å². The van der Waals surface area contributed by atoms with Crippen LogP contribution in [0.5, 0.6) is 0 Å². The molecule has 2 amide bonds. The summed E-state index contributed by atoms with van der Waals surface area (Å²) in [5.74, 6) is 0.116. The largest absolute Gasteiger partial charge is 0.355 e. The van der Waals surface area contributed by atoms with E-state index < -0.39 is 5.41 Å². The van der Waals surface area contributed by atoms with Crippen LogP contribution < -0.4 is 10.6 Å². The summed E-state index contributed by atoms with van der Waals surface area (Å²) in [5, 5.41) is 5.79. The van der Waals surface area contributed by atoms with E-state index in [4.69, 9.17) is 0 Å². The van der Waals surface area contributed by atoms with Gasteiger partial charge in [0.25, 0.3) is 0 Å². The van der Waals surface area contributed by atoms with Crippen molar-refractivity contribution in [2.45, 2.75) is 40.2 Å². The van der Waals surface area contributed by atoms with Crippen molar-refractivity contribution in [3.8, 4) is 0 Å². The Kier molecular flexibility index (Phi) is 4.66. The zero-order valence-electron chi connectivity index (χ0n) is 13.0. The maximum absolute atomic E-state index is 12.3. The van der Waals surface area contributed by atoms with Crippen molar-refractivity contribution in [1.82, 2.24) is 10.6 Å². The maximum Gasteiger partial charge on any atom is 0.235 e. The number of aryl methyl sites for hydroxylation is 1. The highest BCUT2D eigenvalue weighted by molar-refractivity contribution is 6.07. The summed E-state index contributed by atoms with van der Waals surface area (Å²) in [7, 11) is 0. The van der Waals surface area contributed by atoms with E-state index in [2.05, 4.69) is 10.6 Å². The second-order valence-electron chi connectivity index (χ2n) is 6.30. The van der Waals surface area contributed by atoms with Crippen LogP contribution in [0, 0.1) is 18.3 Å². The monoisotopic (exact) mass is 288 g/mol. The summed E-state index contributed by atoms with van der Waals surface area (Å²) < 4.78 is 0. The van der Waals surface area contributed by atoms with Crippen LogP contribution in [0.15, 0.2) is 24.3 Å². The summed E-state index contributed by atoms with van der Waals surface area (Å²) in [6.45, 7) is 7.19. The molecule has 0 bridgehead atoms. The molecule has 1 aliphatic rings. The Bertz CT molecular complexity index is 533. The van der Waals surface area contributed by atoms with E-state index in [0.29, 0.717) is 31.8 Å². The second-order valence-corrected chi connectivity index (χ2v) is 6.30. The Morgan fingerprint density at radius 3 is 2.33 bits per heavy atom. The molecule has 2 rings (SSSR count). The molecular weight excluding hydrogens is 264 g/mol. The fourth-order valence-electron chi connectivity index (χ4n) is 2.30. The van der Waals surface area contributed by atoms with E-state index in [1.807, 2.05) is 45.0 Å². The van der Waals surface area contributed by atoms with Gasteiger partial charge in [0.2, 0.25) is 11.8 Å². The van der Waals surface area contributed by atoms with E-state index in [1.165, 1.54) is 0 Å². The lowest BCUT2D eigenvalue weighted by Crippen LogP contribution is -2.43. The van der Waals surface area contributed by atoms with Crippen molar-refractivity contribution in [1.29, 1.82) is 0 Å². The normalized spacial score (nSPS) is 15.6. The average molecular weight is 288 g/mol. The third kappa shape index (κ3) is 3.63. The summed E-state index contributed by atoms with van der Waals surface area (Å²) >= 11 is 0. The van der Waals surface area contributed by atoms with Gasteiger partial charge >= 0.3 is 0 Å². The minimum absolute atomic E-state index is 0.126. The number of hydrogen-bond acceptors (Lipinski definition) is 2. The van der Waals surface area contributed by atoms with Crippen LogP contribution in [0.4, 0.5) is 0 Å². The van der Waals surface area contributed by atoms with Crippen LogP contribution in [0.25, 0.3) is 0 Å². The number of rotatable bonds is 6. The zero-order chi connectivity index (χ0) is 15.5. The quantitative estimate of drug-likeness (QED) is 0.788. The molecule has 0 spiro atoms. The van der Waals surface area contributed by atoms with Gasteiger partial charge in [-0.2, -0.15) is 0 Å². The molecule has 0 atom stereocenters. The lowest BCUT2D eigenvalue weighted by molar-refractivity contribution is -0.137. The lowest BCUT2D eigenvalue weighted by Gasteiger charge is -2.17. The van der Waals surface area contributed by atoms with E-state index >= 15 is 0 Å². The zero-order valence-corrected chi connectivity index (χ0v) is 13.0. The van der Waals surface area contributed by atoms with E-state index in [1.54, 1.807) is 0 Å². The van der Waals surface area contributed by atoms with Crippen molar-refractivity contribution < 1.29 is 9.59 Å². The van der Waals surface area contributed by atoms with Crippen molar-refractivity contribution in [3.63, 3.8) is 0 Å². The molecule has 21 heavy (non-hydrogen) atoms. The summed E-state index contributed by atoms with van der Waals surface area (Å²) in [4.78, 5) is 24.5. The fourth-order valence-corrected chi connectivity index (χ4v) is 2.30. The number of benzene rings is 1. The topological polar surface area (TPSA) is 58.2 Å². The molecule has 114 valence electrons. The molecule has 0 radical (unpaired) electrons. The first-order chi connectivity index (χ1) is 9.95. The Labute approximate surface area is 126 Å². The van der Waals surface area contributed by atoms with Gasteiger partial charge in [-0.15, -0.1) is 0 Å². The molecule has 4 nitrogen and oxygen atoms in total. The molecule has 0 heterocycles. The number of carbonyl (C=O) groups is 2. The molecule has 0 aliphatic heterocycles. The Morgan fingerprint density at radius 2 is 1.76 bits per heavy atom. The predicted molar refractivity (Wildman–Crippen MR) is 82.5 cm³/mol. The Hall–Kier alpha value is -1.84. The summed E-state index contributed by atoms with van der Waals surface area (Å²) in [6.07, 6.45) is 1.30. The first-order valence-corrected chi connectivity index (χ1v) is 7.57. The van der Waals surface area contributed by atoms with Gasteiger partial charge in [-0.1, -0.05) is 38.1 Å². The Balaban J connectivity index is 1.91.